The van der Waals surface area contributed by atoms with Gasteiger partial charge < -0.3 is 20.1 Å². The smallest absolute Gasteiger partial charge is 0.257 e. The van der Waals surface area contributed by atoms with Crippen LogP contribution in [0, 0.1) is 6.92 Å². The predicted molar refractivity (Wildman–Crippen MR) is 120 cm³/mol. The lowest BCUT2D eigenvalue weighted by Gasteiger charge is -2.25. The van der Waals surface area contributed by atoms with Gasteiger partial charge in [0.05, 0.1) is 12.2 Å². The Bertz CT molecular complexity index is 1190. The zero-order valence-electron chi connectivity index (χ0n) is 17.3. The highest BCUT2D eigenvalue weighted by molar-refractivity contribution is 7.98. The number of H-pyrrole nitrogens is 1. The maximum absolute atomic E-state index is 13.0. The number of carbonyl (C=O) groups is 1. The minimum Gasteiger partial charge on any atom is -0.504 e. The summed E-state index contributed by atoms with van der Waals surface area (Å²) in [5.74, 6) is 0.578. The first kappa shape index (κ1) is 21.0. The number of amides is 1. The summed E-state index contributed by atoms with van der Waals surface area (Å²) in [6.07, 6.45) is 0.115. The monoisotopic (exact) mass is 437 g/mol. The molecule has 1 atom stereocenters. The molecule has 2 aromatic carbocycles. The molecule has 3 N–H and O–H groups in total. The number of thioether (sulfide) groups is 1. The number of aryl methyl sites for hydroxylation is 1. The average Bonchev–Trinajstić information content (AvgIpc) is 2.73. The van der Waals surface area contributed by atoms with E-state index < -0.39 is 5.92 Å². The van der Waals surface area contributed by atoms with E-state index in [4.69, 9.17) is 4.74 Å². The van der Waals surface area contributed by atoms with Crippen LogP contribution in [0.2, 0.25) is 0 Å². The predicted octanol–water partition coefficient (Wildman–Crippen LogP) is 3.95. The summed E-state index contributed by atoms with van der Waals surface area (Å²) >= 11 is 1.41. The number of hydrogen-bond donors (Lipinski definition) is 3. The number of anilines is 1. The minimum absolute atomic E-state index is 0.0148. The number of fused-ring (bicyclic) bond motifs is 1. The zero-order valence-corrected chi connectivity index (χ0v) is 18.1. The Kier molecular flexibility index (Phi) is 5.99. The van der Waals surface area contributed by atoms with Crippen molar-refractivity contribution in [3.8, 4) is 11.5 Å². The van der Waals surface area contributed by atoms with Gasteiger partial charge in [-0.1, -0.05) is 47.7 Å². The van der Waals surface area contributed by atoms with Crippen LogP contribution in [0.4, 0.5) is 5.82 Å². The van der Waals surface area contributed by atoms with Crippen molar-refractivity contribution in [3.05, 3.63) is 75.1 Å². The van der Waals surface area contributed by atoms with Gasteiger partial charge in [0, 0.05) is 18.1 Å². The van der Waals surface area contributed by atoms with Gasteiger partial charge in [-0.2, -0.15) is 0 Å². The van der Waals surface area contributed by atoms with Crippen LogP contribution in [-0.2, 0) is 10.5 Å². The van der Waals surface area contributed by atoms with Crippen LogP contribution in [0.15, 0.2) is 52.4 Å². The van der Waals surface area contributed by atoms with E-state index in [2.05, 4.69) is 21.4 Å². The number of aromatic hydroxyl groups is 1. The molecule has 0 spiro atoms. The number of nitrogens with zero attached hydrogens (tertiary/aromatic N) is 1. The van der Waals surface area contributed by atoms with Crippen LogP contribution < -0.4 is 15.6 Å². The molecule has 2 heterocycles. The van der Waals surface area contributed by atoms with Gasteiger partial charge in [0.1, 0.15) is 5.82 Å². The molecule has 0 bridgehead atoms. The number of ether oxygens (including phenoxy) is 1. The minimum atomic E-state index is -0.476. The summed E-state index contributed by atoms with van der Waals surface area (Å²) in [4.78, 5) is 32.7. The summed E-state index contributed by atoms with van der Waals surface area (Å²) in [7, 11) is 0. The molecule has 160 valence electrons. The fourth-order valence-corrected chi connectivity index (χ4v) is 4.48. The molecular formula is C23H23N3O4S. The second-order valence-corrected chi connectivity index (χ2v) is 8.34. The highest BCUT2D eigenvalue weighted by Gasteiger charge is 2.31. The number of carbonyl (C=O) groups excluding carboxylic acids is 1. The van der Waals surface area contributed by atoms with E-state index in [9.17, 15) is 14.7 Å². The van der Waals surface area contributed by atoms with E-state index in [1.807, 2.05) is 32.0 Å². The Morgan fingerprint density at radius 2 is 2.06 bits per heavy atom. The summed E-state index contributed by atoms with van der Waals surface area (Å²) in [5, 5.41) is 13.2. The Morgan fingerprint density at radius 1 is 1.23 bits per heavy atom. The maximum atomic E-state index is 13.0. The largest absolute Gasteiger partial charge is 0.504 e. The van der Waals surface area contributed by atoms with Gasteiger partial charge in [0.2, 0.25) is 5.91 Å². The number of benzene rings is 2. The van der Waals surface area contributed by atoms with Gasteiger partial charge in [0.15, 0.2) is 16.7 Å². The number of aromatic nitrogens is 2. The van der Waals surface area contributed by atoms with Crippen molar-refractivity contribution in [2.45, 2.75) is 37.1 Å². The highest BCUT2D eigenvalue weighted by Crippen LogP contribution is 2.38. The third-order valence-electron chi connectivity index (χ3n) is 5.07. The number of phenolic OH excluding ortho intramolecular Hbond substituents is 1. The van der Waals surface area contributed by atoms with Gasteiger partial charge in [-0.3, -0.25) is 9.59 Å². The normalized spacial score (nSPS) is 15.3. The van der Waals surface area contributed by atoms with E-state index in [1.165, 1.54) is 23.4 Å². The molecule has 0 saturated carbocycles. The van der Waals surface area contributed by atoms with E-state index in [0.29, 0.717) is 34.4 Å². The molecule has 1 amide bonds. The van der Waals surface area contributed by atoms with Gasteiger partial charge >= 0.3 is 0 Å². The molecule has 1 aromatic heterocycles. The van der Waals surface area contributed by atoms with Crippen LogP contribution in [-0.4, -0.2) is 27.6 Å². The third-order valence-corrected chi connectivity index (χ3v) is 6.02. The molecule has 4 rings (SSSR count). The van der Waals surface area contributed by atoms with Crippen molar-refractivity contribution in [2.75, 3.05) is 11.9 Å². The van der Waals surface area contributed by atoms with Crippen LogP contribution >= 0.6 is 11.8 Å². The van der Waals surface area contributed by atoms with Crippen LogP contribution in [0.5, 0.6) is 11.5 Å². The lowest BCUT2D eigenvalue weighted by molar-refractivity contribution is -0.116. The first-order chi connectivity index (χ1) is 14.9. The number of phenols is 1. The van der Waals surface area contributed by atoms with Crippen molar-refractivity contribution >= 4 is 23.5 Å². The Balaban J connectivity index is 1.66. The molecule has 3 aromatic rings. The van der Waals surface area contributed by atoms with Gasteiger partial charge in [-0.25, -0.2) is 4.98 Å². The summed E-state index contributed by atoms with van der Waals surface area (Å²) in [6.45, 7) is 4.24. The fraction of sp³-hybridized carbons (Fsp3) is 0.261. The number of hydrogen-bond acceptors (Lipinski definition) is 6. The summed E-state index contributed by atoms with van der Waals surface area (Å²) in [6, 6.07) is 13.0. The SMILES string of the molecule is CCOc1cc([C@H]2CC(=O)Nc3nc(SCc4cccc(C)c4)[nH]c(=O)c32)ccc1O. The van der Waals surface area contributed by atoms with Gasteiger partial charge in [-0.05, 0) is 37.1 Å². The zero-order chi connectivity index (χ0) is 22.0. The summed E-state index contributed by atoms with van der Waals surface area (Å²) in [5.41, 5.74) is 3.13. The molecule has 8 heteroatoms. The Labute approximate surface area is 183 Å². The Hall–Kier alpha value is -3.26. The fourth-order valence-electron chi connectivity index (χ4n) is 3.68. The number of nitrogens with one attached hydrogen (secondary N) is 2. The average molecular weight is 438 g/mol. The first-order valence-electron chi connectivity index (χ1n) is 10.0. The van der Waals surface area contributed by atoms with Crippen molar-refractivity contribution < 1.29 is 14.6 Å². The Morgan fingerprint density at radius 3 is 2.84 bits per heavy atom. The lowest BCUT2D eigenvalue weighted by atomic mass is 9.86. The van der Waals surface area contributed by atoms with Gasteiger partial charge in [-0.15, -0.1) is 0 Å². The van der Waals surface area contributed by atoms with Crippen molar-refractivity contribution in [2.24, 2.45) is 0 Å². The van der Waals surface area contributed by atoms with Crippen LogP contribution in [0.1, 0.15) is 41.5 Å². The standard InChI is InChI=1S/C23H23N3O4S/c1-3-30-18-10-15(7-8-17(18)27)16-11-19(28)24-21-20(16)22(29)26-23(25-21)31-12-14-6-4-5-13(2)9-14/h4-10,16,27H,3,11-12H2,1-2H3,(H2,24,25,26,28,29)/t16-/m1/s1. The second-order valence-electron chi connectivity index (χ2n) is 7.38. The molecule has 0 unspecified atom stereocenters. The van der Waals surface area contributed by atoms with E-state index in [0.717, 1.165) is 5.56 Å². The molecule has 1 aliphatic heterocycles. The summed E-state index contributed by atoms with van der Waals surface area (Å²) < 4.78 is 5.46. The topological polar surface area (TPSA) is 104 Å². The molecule has 0 radical (unpaired) electrons. The molecule has 0 saturated heterocycles. The van der Waals surface area contributed by atoms with Crippen molar-refractivity contribution in [3.63, 3.8) is 0 Å². The number of aromatic amines is 1. The van der Waals surface area contributed by atoms with E-state index in [-0.39, 0.29) is 29.5 Å². The highest BCUT2D eigenvalue weighted by atomic mass is 32.2. The van der Waals surface area contributed by atoms with Crippen molar-refractivity contribution in [1.29, 1.82) is 0 Å². The van der Waals surface area contributed by atoms with E-state index in [1.54, 1.807) is 12.1 Å². The quantitative estimate of drug-likeness (QED) is 0.398. The molecule has 1 aliphatic rings. The first-order valence-corrected chi connectivity index (χ1v) is 11.0. The van der Waals surface area contributed by atoms with Crippen LogP contribution in [0.3, 0.4) is 0 Å². The second kappa shape index (κ2) is 8.85. The van der Waals surface area contributed by atoms with E-state index >= 15 is 0 Å². The number of rotatable bonds is 6. The van der Waals surface area contributed by atoms with Crippen molar-refractivity contribution in [1.82, 2.24) is 9.97 Å². The maximum Gasteiger partial charge on any atom is 0.257 e. The lowest BCUT2D eigenvalue weighted by Crippen LogP contribution is -2.31. The molecule has 0 aliphatic carbocycles. The molecule has 7 nitrogen and oxygen atoms in total. The molecule has 0 fully saturated rings. The van der Waals surface area contributed by atoms with Crippen LogP contribution in [0.25, 0.3) is 0 Å². The third kappa shape index (κ3) is 4.59. The molecular weight excluding hydrogens is 414 g/mol. The molecule has 31 heavy (non-hydrogen) atoms. The van der Waals surface area contributed by atoms with Gasteiger partial charge in [0.25, 0.3) is 5.56 Å².